The number of nitrogens with one attached hydrogen (secondary N) is 2. The van der Waals surface area contributed by atoms with Crippen LogP contribution in [0.3, 0.4) is 0 Å². The Balaban J connectivity index is 1.75. The number of thiophene rings is 1. The Morgan fingerprint density at radius 2 is 2.12 bits per heavy atom. The molecule has 1 atom stereocenters. The van der Waals surface area contributed by atoms with E-state index in [9.17, 15) is 4.79 Å². The second-order valence-corrected chi connectivity index (χ2v) is 6.25. The van der Waals surface area contributed by atoms with E-state index in [1.54, 1.807) is 16.0 Å². The molecule has 0 saturated heterocycles. The molecule has 0 aliphatic carbocycles. The number of carbonyl (C=O) groups excluding carboxylic acids is 1. The predicted octanol–water partition coefficient (Wildman–Crippen LogP) is 3.27. The van der Waals surface area contributed by atoms with Crippen molar-refractivity contribution in [3.05, 3.63) is 70.3 Å². The van der Waals surface area contributed by atoms with Crippen molar-refractivity contribution in [2.75, 3.05) is 10.6 Å². The van der Waals surface area contributed by atoms with E-state index in [-0.39, 0.29) is 11.9 Å². The van der Waals surface area contributed by atoms with Gasteiger partial charge in [-0.15, -0.1) is 0 Å². The largest absolute Gasteiger partial charge is 0.328 e. The monoisotopic (exact) mass is 337 g/mol. The van der Waals surface area contributed by atoms with E-state index in [2.05, 4.69) is 20.7 Å². The van der Waals surface area contributed by atoms with Gasteiger partial charge in [0.15, 0.2) is 0 Å². The van der Waals surface area contributed by atoms with E-state index in [0.29, 0.717) is 11.5 Å². The van der Waals surface area contributed by atoms with E-state index in [1.165, 1.54) is 6.33 Å². The molecule has 6 nitrogen and oxygen atoms in total. The minimum absolute atomic E-state index is 0.149. The summed E-state index contributed by atoms with van der Waals surface area (Å²) in [6.07, 6.45) is 1.49. The van der Waals surface area contributed by atoms with Crippen LogP contribution < -0.4 is 10.6 Å². The molecule has 3 aromatic rings. The maximum absolute atomic E-state index is 12.9. The lowest BCUT2D eigenvalue weighted by Crippen LogP contribution is -2.31. The number of aromatic nitrogens is 3. The van der Waals surface area contributed by atoms with Gasteiger partial charge in [-0.05, 0) is 41.4 Å². The number of hydrogen-bond donors (Lipinski definition) is 2. The zero-order valence-electron chi connectivity index (χ0n) is 12.9. The van der Waals surface area contributed by atoms with Crippen molar-refractivity contribution in [1.29, 1.82) is 0 Å². The Hall–Kier alpha value is -2.93. The molecule has 0 fully saturated rings. The van der Waals surface area contributed by atoms with Crippen LogP contribution in [-0.2, 0) is 4.79 Å². The first-order valence-electron chi connectivity index (χ1n) is 7.50. The number of rotatable bonds is 3. The second-order valence-electron chi connectivity index (χ2n) is 5.47. The lowest BCUT2D eigenvalue weighted by Gasteiger charge is -2.28. The maximum atomic E-state index is 12.9. The molecule has 0 bridgehead atoms. The van der Waals surface area contributed by atoms with Gasteiger partial charge in [0.25, 0.3) is 5.91 Å². The molecule has 1 amide bonds. The summed E-state index contributed by atoms with van der Waals surface area (Å²) in [5, 5.41) is 14.5. The molecule has 0 saturated carbocycles. The topological polar surface area (TPSA) is 71.8 Å². The lowest BCUT2D eigenvalue weighted by atomic mass is 9.97. The van der Waals surface area contributed by atoms with Crippen molar-refractivity contribution in [1.82, 2.24) is 14.8 Å². The predicted molar refractivity (Wildman–Crippen MR) is 93.9 cm³/mol. The summed E-state index contributed by atoms with van der Waals surface area (Å²) in [5.41, 5.74) is 3.19. The Morgan fingerprint density at radius 3 is 2.88 bits per heavy atom. The van der Waals surface area contributed by atoms with Crippen LogP contribution in [-0.4, -0.2) is 20.7 Å². The summed E-state index contributed by atoms with van der Waals surface area (Å²) in [6.45, 7) is 1.89. The summed E-state index contributed by atoms with van der Waals surface area (Å²) >= 11 is 1.59. The van der Waals surface area contributed by atoms with Gasteiger partial charge in [-0.1, -0.05) is 18.2 Å². The van der Waals surface area contributed by atoms with Crippen LogP contribution in [0.4, 0.5) is 11.6 Å². The lowest BCUT2D eigenvalue weighted by molar-refractivity contribution is -0.113. The zero-order chi connectivity index (χ0) is 16.5. The second kappa shape index (κ2) is 5.93. The van der Waals surface area contributed by atoms with Gasteiger partial charge in [0, 0.05) is 11.4 Å². The third kappa shape index (κ3) is 2.48. The molecule has 1 aliphatic rings. The molecule has 0 unspecified atom stereocenters. The molecule has 7 heteroatoms. The van der Waals surface area contributed by atoms with Crippen molar-refractivity contribution >= 4 is 28.9 Å². The molecule has 0 radical (unpaired) electrons. The average Bonchev–Trinajstić information content (AvgIpc) is 3.25. The number of carbonyl (C=O) groups is 1. The number of nitrogens with zero attached hydrogens (tertiary/aromatic N) is 3. The van der Waals surface area contributed by atoms with Gasteiger partial charge in [-0.25, -0.2) is 4.68 Å². The Bertz CT molecular complexity index is 898. The Labute approximate surface area is 142 Å². The highest BCUT2D eigenvalue weighted by atomic mass is 32.1. The van der Waals surface area contributed by atoms with Crippen LogP contribution in [0.2, 0.25) is 0 Å². The average molecular weight is 337 g/mol. The van der Waals surface area contributed by atoms with Crippen LogP contribution in [0.5, 0.6) is 0 Å². The highest BCUT2D eigenvalue weighted by molar-refractivity contribution is 7.08. The van der Waals surface area contributed by atoms with Gasteiger partial charge in [0.1, 0.15) is 12.4 Å². The molecule has 0 spiro atoms. The minimum Gasteiger partial charge on any atom is -0.328 e. The molecule has 4 rings (SSSR count). The molecule has 2 aromatic heterocycles. The molecule has 1 aliphatic heterocycles. The Kier molecular flexibility index (Phi) is 3.62. The number of amides is 1. The first kappa shape index (κ1) is 14.6. The highest BCUT2D eigenvalue weighted by Crippen LogP contribution is 2.35. The fourth-order valence-electron chi connectivity index (χ4n) is 2.84. The minimum atomic E-state index is -0.293. The van der Waals surface area contributed by atoms with Crippen LogP contribution in [0.15, 0.2) is 64.8 Å². The molecular formula is C17H15N5OS. The fraction of sp³-hybridized carbons (Fsp3) is 0.118. The molecule has 2 N–H and O–H groups in total. The molecule has 120 valence electrons. The Morgan fingerprint density at radius 1 is 1.29 bits per heavy atom. The number of hydrogen-bond acceptors (Lipinski definition) is 5. The van der Waals surface area contributed by atoms with Crippen LogP contribution in [0.25, 0.3) is 0 Å². The SMILES string of the molecule is CC1=C(C(=O)Nc2ccccc2)[C@H](c2ccsc2)n2ncnc2N1. The molecule has 1 aromatic carbocycles. The van der Waals surface area contributed by atoms with Gasteiger partial charge >= 0.3 is 0 Å². The van der Waals surface area contributed by atoms with E-state index >= 15 is 0 Å². The van der Waals surface area contributed by atoms with Crippen molar-refractivity contribution < 1.29 is 4.79 Å². The van der Waals surface area contributed by atoms with Crippen molar-refractivity contribution in [3.8, 4) is 0 Å². The molecule has 24 heavy (non-hydrogen) atoms. The maximum Gasteiger partial charge on any atom is 0.255 e. The third-order valence-corrected chi connectivity index (χ3v) is 4.63. The van der Waals surface area contributed by atoms with E-state index in [1.807, 2.05) is 54.1 Å². The number of benzene rings is 1. The van der Waals surface area contributed by atoms with Crippen LogP contribution in [0, 0.1) is 0 Å². The fourth-order valence-corrected chi connectivity index (χ4v) is 3.52. The van der Waals surface area contributed by atoms with Gasteiger partial charge in [-0.3, -0.25) is 4.79 Å². The van der Waals surface area contributed by atoms with E-state index < -0.39 is 0 Å². The van der Waals surface area contributed by atoms with Crippen molar-refractivity contribution in [2.24, 2.45) is 0 Å². The van der Waals surface area contributed by atoms with Crippen LogP contribution >= 0.6 is 11.3 Å². The first-order chi connectivity index (χ1) is 11.7. The number of fused-ring (bicyclic) bond motifs is 1. The smallest absolute Gasteiger partial charge is 0.255 e. The third-order valence-electron chi connectivity index (χ3n) is 3.93. The molecular weight excluding hydrogens is 322 g/mol. The van der Waals surface area contributed by atoms with Gasteiger partial charge in [0.05, 0.1) is 5.57 Å². The summed E-state index contributed by atoms with van der Waals surface area (Å²) in [6, 6.07) is 11.1. The van der Waals surface area contributed by atoms with Gasteiger partial charge < -0.3 is 10.6 Å². The summed E-state index contributed by atoms with van der Waals surface area (Å²) in [4.78, 5) is 17.2. The summed E-state index contributed by atoms with van der Waals surface area (Å²) < 4.78 is 1.74. The van der Waals surface area contributed by atoms with Gasteiger partial charge in [-0.2, -0.15) is 21.4 Å². The first-order valence-corrected chi connectivity index (χ1v) is 8.44. The van der Waals surface area contributed by atoms with Crippen molar-refractivity contribution in [2.45, 2.75) is 13.0 Å². The quantitative estimate of drug-likeness (QED) is 0.769. The number of para-hydroxylation sites is 1. The van der Waals surface area contributed by atoms with Crippen molar-refractivity contribution in [3.63, 3.8) is 0 Å². The standard InChI is InChI=1S/C17H15N5OS/c1-11-14(16(23)21-13-5-3-2-4-6-13)15(12-7-8-24-9-12)22-17(20-11)18-10-19-22/h2-10,15H,1H3,(H,21,23)(H,18,19,20)/t15-/m0/s1. The van der Waals surface area contributed by atoms with Gasteiger partial charge in [0.2, 0.25) is 5.95 Å². The van der Waals surface area contributed by atoms with Crippen LogP contribution in [0.1, 0.15) is 18.5 Å². The molecule has 3 heterocycles. The zero-order valence-corrected chi connectivity index (χ0v) is 13.7. The summed E-state index contributed by atoms with van der Waals surface area (Å²) in [7, 11) is 0. The summed E-state index contributed by atoms with van der Waals surface area (Å²) in [5.74, 6) is 0.489. The number of anilines is 2. The number of allylic oxidation sites excluding steroid dienone is 1. The van der Waals surface area contributed by atoms with E-state index in [4.69, 9.17) is 0 Å². The van der Waals surface area contributed by atoms with E-state index in [0.717, 1.165) is 16.9 Å². The normalized spacial score (nSPS) is 16.5. The highest BCUT2D eigenvalue weighted by Gasteiger charge is 2.33.